The quantitative estimate of drug-likeness (QED) is 0.398. The second kappa shape index (κ2) is 9.20. The lowest BCUT2D eigenvalue weighted by atomic mass is 9.30. The molecule has 0 saturated heterocycles. The van der Waals surface area contributed by atoms with E-state index in [1.54, 1.807) is 0 Å². The van der Waals surface area contributed by atoms with E-state index in [1.807, 2.05) is 7.11 Å². The number of methoxy groups -OCH3 is 1. The molecule has 0 heterocycles. The molecule has 0 aliphatic heterocycles. The molecule has 0 aromatic rings. The number of hydrogen-bond acceptors (Lipinski definition) is 3. The van der Waals surface area contributed by atoms with Crippen molar-refractivity contribution in [3.8, 4) is 0 Å². The molecule has 5 fully saturated rings. The van der Waals surface area contributed by atoms with Gasteiger partial charge in [0.2, 0.25) is 0 Å². The molecule has 0 amide bonds. The van der Waals surface area contributed by atoms with Crippen LogP contribution >= 0.6 is 0 Å². The summed E-state index contributed by atoms with van der Waals surface area (Å²) in [7, 11) is 1.90. The summed E-state index contributed by atoms with van der Waals surface area (Å²) in [6, 6.07) is 0. The van der Waals surface area contributed by atoms with Crippen LogP contribution in [0.15, 0.2) is 0 Å². The molecule has 0 bridgehead atoms. The van der Waals surface area contributed by atoms with Crippen molar-refractivity contribution in [1.29, 1.82) is 0 Å². The highest BCUT2D eigenvalue weighted by molar-refractivity contribution is 5.75. The molecular formula is C34H58O4. The molecule has 0 aromatic carbocycles. The molecule has 0 aromatic heterocycles. The molecule has 1 N–H and O–H groups in total. The summed E-state index contributed by atoms with van der Waals surface area (Å²) in [5.74, 6) is 2.41. The molecule has 5 aliphatic carbocycles. The van der Waals surface area contributed by atoms with Crippen LogP contribution in [-0.4, -0.2) is 36.5 Å². The van der Waals surface area contributed by atoms with Gasteiger partial charge in [-0.25, -0.2) is 0 Å². The molecule has 5 rings (SSSR count). The van der Waals surface area contributed by atoms with Gasteiger partial charge in [0, 0.05) is 12.5 Å². The van der Waals surface area contributed by atoms with Gasteiger partial charge in [-0.2, -0.15) is 0 Å². The van der Waals surface area contributed by atoms with Crippen LogP contribution in [0.1, 0.15) is 120 Å². The zero-order chi connectivity index (χ0) is 28.1. The summed E-state index contributed by atoms with van der Waals surface area (Å²) in [5, 5.41) is 10.7. The Kier molecular flexibility index (Phi) is 7.00. The summed E-state index contributed by atoms with van der Waals surface area (Å²) in [6.45, 7) is 21.9. The topological polar surface area (TPSA) is 55.8 Å². The molecule has 12 unspecified atom stereocenters. The first-order valence-corrected chi connectivity index (χ1v) is 16.0. The Balaban J connectivity index is 1.63. The smallest absolute Gasteiger partial charge is 0.309 e. The number of rotatable bonds is 4. The van der Waals surface area contributed by atoms with Gasteiger partial charge >= 0.3 is 5.97 Å². The Morgan fingerprint density at radius 1 is 0.868 bits per heavy atom. The van der Waals surface area contributed by atoms with Crippen molar-refractivity contribution in [1.82, 2.24) is 0 Å². The largest absolute Gasteiger partial charge is 0.481 e. The van der Waals surface area contributed by atoms with Crippen LogP contribution in [0.2, 0.25) is 0 Å². The minimum atomic E-state index is -0.534. The Labute approximate surface area is 233 Å². The number of hydrogen-bond donors (Lipinski definition) is 1. The van der Waals surface area contributed by atoms with Crippen LogP contribution in [0.5, 0.6) is 0 Å². The number of carboxylic acid groups (broad SMARTS) is 1. The van der Waals surface area contributed by atoms with Crippen LogP contribution < -0.4 is 0 Å². The summed E-state index contributed by atoms with van der Waals surface area (Å²) in [4.78, 5) is 13.0. The highest BCUT2D eigenvalue weighted by Crippen LogP contribution is 2.77. The van der Waals surface area contributed by atoms with E-state index >= 15 is 0 Å². The third-order valence-corrected chi connectivity index (χ3v) is 14.7. The van der Waals surface area contributed by atoms with Crippen LogP contribution in [0.3, 0.4) is 0 Å². The molecule has 0 radical (unpaired) electrons. The average Bonchev–Trinajstić information content (AvgIpc) is 2.83. The van der Waals surface area contributed by atoms with Crippen molar-refractivity contribution in [2.45, 2.75) is 138 Å². The van der Waals surface area contributed by atoms with E-state index in [1.165, 1.54) is 19.3 Å². The molecule has 4 nitrogen and oxygen atoms in total. The van der Waals surface area contributed by atoms with Crippen molar-refractivity contribution in [2.24, 2.45) is 62.6 Å². The molecule has 12 atom stereocenters. The predicted molar refractivity (Wildman–Crippen MR) is 153 cm³/mol. The van der Waals surface area contributed by atoms with Crippen molar-refractivity contribution < 1.29 is 19.4 Å². The number of carboxylic acids is 1. The molecular weight excluding hydrogens is 472 g/mol. The Bertz CT molecular complexity index is 927. The minimum Gasteiger partial charge on any atom is -0.481 e. The van der Waals surface area contributed by atoms with Gasteiger partial charge in [0.15, 0.2) is 0 Å². The lowest BCUT2D eigenvalue weighted by molar-refractivity contribution is -0.302. The zero-order valence-electron chi connectivity index (χ0n) is 26.2. The van der Waals surface area contributed by atoms with Crippen LogP contribution in [0.25, 0.3) is 0 Å². The van der Waals surface area contributed by atoms with Crippen LogP contribution in [-0.2, 0) is 14.3 Å². The lowest BCUT2D eigenvalue weighted by Gasteiger charge is -2.75. The molecule has 0 spiro atoms. The predicted octanol–water partition coefficient (Wildman–Crippen LogP) is 8.23. The fourth-order valence-electron chi connectivity index (χ4n) is 12.5. The third kappa shape index (κ3) is 3.56. The Hall–Kier alpha value is -0.610. The van der Waals surface area contributed by atoms with Crippen molar-refractivity contribution >= 4 is 5.97 Å². The Morgan fingerprint density at radius 2 is 1.55 bits per heavy atom. The van der Waals surface area contributed by atoms with Gasteiger partial charge in [0.1, 0.15) is 0 Å². The highest BCUT2D eigenvalue weighted by atomic mass is 16.5. The first-order chi connectivity index (χ1) is 17.6. The van der Waals surface area contributed by atoms with Gasteiger partial charge in [-0.3, -0.25) is 4.79 Å². The summed E-state index contributed by atoms with van der Waals surface area (Å²) in [5.41, 5.74) is -0.0525. The summed E-state index contributed by atoms with van der Waals surface area (Å²) >= 11 is 0. The van der Waals surface area contributed by atoms with Gasteiger partial charge in [-0.1, -0.05) is 48.5 Å². The van der Waals surface area contributed by atoms with E-state index in [2.05, 4.69) is 62.3 Å². The zero-order valence-corrected chi connectivity index (χ0v) is 26.2. The van der Waals surface area contributed by atoms with Gasteiger partial charge in [0.05, 0.1) is 23.7 Å². The number of ether oxygens (including phenoxy) is 2. The van der Waals surface area contributed by atoms with Crippen molar-refractivity contribution in [2.75, 3.05) is 7.11 Å². The van der Waals surface area contributed by atoms with E-state index in [0.29, 0.717) is 35.7 Å². The first-order valence-electron chi connectivity index (χ1n) is 16.0. The molecule has 38 heavy (non-hydrogen) atoms. The average molecular weight is 531 g/mol. The van der Waals surface area contributed by atoms with Gasteiger partial charge in [-0.15, -0.1) is 0 Å². The maximum atomic E-state index is 13.0. The first kappa shape index (κ1) is 28.9. The van der Waals surface area contributed by atoms with Crippen LogP contribution in [0.4, 0.5) is 0 Å². The Morgan fingerprint density at radius 3 is 2.16 bits per heavy atom. The maximum Gasteiger partial charge on any atom is 0.309 e. The van der Waals surface area contributed by atoms with Gasteiger partial charge < -0.3 is 14.6 Å². The molecule has 218 valence electrons. The monoisotopic (exact) mass is 530 g/mol. The number of fused-ring (bicyclic) bond motifs is 7. The van der Waals surface area contributed by atoms with Gasteiger partial charge in [0.25, 0.3) is 0 Å². The van der Waals surface area contributed by atoms with Crippen molar-refractivity contribution in [3.63, 3.8) is 0 Å². The molecule has 4 heteroatoms. The standard InChI is InChI=1S/C34H58O4/c1-20(2)38-27-19-25-30(5,6)26(37-10)14-15-31(25,7)24-12-11-23-28-22(4)21(3)13-16-34(28,29(35)36)18-17-32(23,8)33(24,27)9/h20-28H,11-19H2,1-10H3,(H,35,36). The van der Waals surface area contributed by atoms with Crippen LogP contribution in [0, 0.1) is 62.6 Å². The maximum absolute atomic E-state index is 13.0. The fourth-order valence-corrected chi connectivity index (χ4v) is 12.5. The van der Waals surface area contributed by atoms with E-state index in [4.69, 9.17) is 9.47 Å². The van der Waals surface area contributed by atoms with E-state index in [9.17, 15) is 9.90 Å². The minimum absolute atomic E-state index is 0.0342. The number of aliphatic carboxylic acids is 1. The molecule has 5 aliphatic rings. The molecule has 5 saturated carbocycles. The summed E-state index contributed by atoms with van der Waals surface area (Å²) in [6.07, 6.45) is 10.3. The lowest BCUT2D eigenvalue weighted by Crippen LogP contribution is -2.72. The second-order valence-electron chi connectivity index (χ2n) is 16.4. The van der Waals surface area contributed by atoms with Crippen molar-refractivity contribution in [3.05, 3.63) is 0 Å². The van der Waals surface area contributed by atoms with Gasteiger partial charge in [-0.05, 0) is 123 Å². The summed E-state index contributed by atoms with van der Waals surface area (Å²) < 4.78 is 13.1. The SMILES string of the molecule is COC1CCC2(C)C(CC(OC(C)C)C3(C)C2CCC2C4C(C)C(C)CCC4(C(=O)O)CCC23C)C1(C)C. The normalized spacial score (nSPS) is 53.9. The highest BCUT2D eigenvalue weighted by Gasteiger charge is 2.74. The fraction of sp³-hybridized carbons (Fsp3) is 0.971. The third-order valence-electron chi connectivity index (χ3n) is 14.7. The van der Waals surface area contributed by atoms with E-state index < -0.39 is 11.4 Å². The van der Waals surface area contributed by atoms with E-state index in [0.717, 1.165) is 38.5 Å². The second-order valence-corrected chi connectivity index (χ2v) is 16.4. The van der Waals surface area contributed by atoms with E-state index in [-0.39, 0.29) is 39.8 Å². The number of carbonyl (C=O) groups is 1.